The zero-order valence-corrected chi connectivity index (χ0v) is 55.5. The van der Waals surface area contributed by atoms with E-state index in [0.717, 1.165) is 122 Å². The van der Waals surface area contributed by atoms with Crippen LogP contribution in [0.25, 0.3) is 146 Å². The van der Waals surface area contributed by atoms with Crippen LogP contribution in [0.3, 0.4) is 0 Å². The van der Waals surface area contributed by atoms with E-state index in [4.69, 9.17) is 23.5 Å². The number of rotatable bonds is 1. The summed E-state index contributed by atoms with van der Waals surface area (Å²) in [7, 11) is 2.10. The monoisotopic (exact) mass is 1370 g/mol. The van der Waals surface area contributed by atoms with Gasteiger partial charge in [-0.25, -0.2) is 45.8 Å². The lowest BCUT2D eigenvalue weighted by atomic mass is 10.1. The molecule has 21 aromatic rings. The Morgan fingerprint density at radius 3 is 1.71 bits per heavy atom. The first-order valence-corrected chi connectivity index (χ1v) is 34.5. The predicted octanol–water partition coefficient (Wildman–Crippen LogP) is 10.1. The molecule has 25 heteroatoms. The molecule has 0 amide bonds. The first-order valence-electron chi connectivity index (χ1n) is 35.1. The fourth-order valence-corrected chi connectivity index (χ4v) is 17.0. The number of nitrogens with zero attached hydrogens (tertiary/aromatic N) is 23. The van der Waals surface area contributed by atoms with E-state index in [9.17, 15) is 0 Å². The molecule has 0 bridgehead atoms. The summed E-state index contributed by atoms with van der Waals surface area (Å²) in [5.41, 5.74) is 25.9. The highest BCUT2D eigenvalue weighted by Crippen LogP contribution is 2.39. The number of aromatic nitrogens is 23. The highest BCUT2D eigenvalue weighted by Gasteiger charge is 2.40. The molecule has 0 unspecified atom stereocenters. The predicted molar refractivity (Wildman–Crippen MR) is 384 cm³/mol. The summed E-state index contributed by atoms with van der Waals surface area (Å²) < 4.78 is 56.9. The lowest BCUT2D eigenvalue weighted by Crippen LogP contribution is -2.32. The molecule has 5 aliphatic heterocycles. The zero-order valence-electron chi connectivity index (χ0n) is 57.7. The van der Waals surface area contributed by atoms with Crippen molar-refractivity contribution < 1.29 is 31.4 Å². The van der Waals surface area contributed by atoms with Crippen molar-refractivity contribution >= 4 is 95.3 Å². The lowest BCUT2D eigenvalue weighted by Gasteiger charge is -2.04. The van der Waals surface area contributed by atoms with Crippen LogP contribution in [0.1, 0.15) is 31.9 Å². The number of benzene rings is 6. The average Bonchev–Trinajstić information content (AvgIpc) is 1.55. The quantitative estimate of drug-likeness (QED) is 0.142. The maximum absolute atomic E-state index is 7.97. The standard InChI is InChI=1S/C20H14N5.2C15H12N5.C14H9N4O.C14H9N4S/c1-2-7-15(8-3-1)25-19-16-9-5-4-6-14(16)13-24(19)18-20(25)23-11-10-21-12-17(23)22-18;1-18-14-11-5-3-2-4-10(11)9-20(14)13-15(18)19-7-6-16-8-12(19)17-13;1-18-13-15(20-9-16-7-6-12(20)17-13)19-8-10-4-2-3-5-11(10)14(18)19;2*1-2-4-10-9(3-1)8-18-12-14(19-13(10)18)17-6-5-15-7-11(17)16-12/h1-12H,13H2;2-8H,9H2,1H3;2-7,9H,8H2,1H3;2*1-7H,8H2/q5*+1/i;;1D3;;. The Labute approximate surface area is 590 Å². The van der Waals surface area contributed by atoms with Gasteiger partial charge >= 0.3 is 22.7 Å². The fraction of sp³-hybridized carbons (Fsp3) is 0.0897. The van der Waals surface area contributed by atoms with Gasteiger partial charge < -0.3 is 4.42 Å². The molecular formula is C78H56N23OS+5. The van der Waals surface area contributed by atoms with Gasteiger partial charge in [-0.05, 0) is 52.4 Å². The van der Waals surface area contributed by atoms with Gasteiger partial charge in [0.15, 0.2) is 11.3 Å². The molecule has 6 aromatic carbocycles. The van der Waals surface area contributed by atoms with Crippen molar-refractivity contribution in [3.63, 3.8) is 0 Å². The molecule has 0 radical (unpaired) electrons. The highest BCUT2D eigenvalue weighted by atomic mass is 32.1. The van der Waals surface area contributed by atoms with E-state index in [1.807, 2.05) is 86.9 Å². The Bertz CT molecular complexity index is 7090. The van der Waals surface area contributed by atoms with E-state index in [-0.39, 0.29) is 0 Å². The topological polar surface area (TPSA) is 198 Å². The molecule has 0 N–H and O–H groups in total. The summed E-state index contributed by atoms with van der Waals surface area (Å²) in [6, 6.07) is 54.2. The molecule has 0 atom stereocenters. The number of hydrogen-bond donors (Lipinski definition) is 0. The number of hydrogen-bond acceptors (Lipinski definition) is 12. The van der Waals surface area contributed by atoms with Crippen molar-refractivity contribution in [2.24, 2.45) is 14.0 Å². The van der Waals surface area contributed by atoms with Gasteiger partial charge in [-0.15, -0.1) is 0 Å². The van der Waals surface area contributed by atoms with Gasteiger partial charge in [0, 0.05) is 82.8 Å². The van der Waals surface area contributed by atoms with Crippen LogP contribution in [-0.4, -0.2) is 85.5 Å². The second-order valence-corrected chi connectivity index (χ2v) is 26.8. The second-order valence-electron chi connectivity index (χ2n) is 25.9. The normalized spacial score (nSPS) is 13.5. The van der Waals surface area contributed by atoms with Crippen LogP contribution < -0.4 is 22.8 Å². The first-order chi connectivity index (χ1) is 52.1. The molecule has 5 aliphatic rings. The number of para-hydroxylation sites is 1. The Balaban J connectivity index is 0.0000000830. The van der Waals surface area contributed by atoms with Crippen LogP contribution in [0.5, 0.6) is 0 Å². The third-order valence-corrected chi connectivity index (χ3v) is 21.4. The van der Waals surface area contributed by atoms with E-state index >= 15 is 0 Å². The van der Waals surface area contributed by atoms with Crippen molar-refractivity contribution in [1.82, 2.24) is 85.5 Å². The minimum atomic E-state index is -2.30. The van der Waals surface area contributed by atoms with Crippen LogP contribution >= 0.6 is 11.3 Å². The number of aryl methyl sites for hydroxylation is 2. The zero-order chi connectivity index (χ0) is 70.2. The van der Waals surface area contributed by atoms with E-state index in [1.54, 1.807) is 67.1 Å². The molecule has 24 nitrogen and oxygen atoms in total. The number of fused-ring (bicyclic) bond motifs is 35. The summed E-state index contributed by atoms with van der Waals surface area (Å²) >= 11 is 1.80. The minimum absolute atomic E-state index is 0.461. The lowest BCUT2D eigenvalue weighted by molar-refractivity contribution is -0.651. The Hall–Kier alpha value is -13.8. The van der Waals surface area contributed by atoms with E-state index < -0.39 is 6.98 Å². The first kappa shape index (κ1) is 54.1. The van der Waals surface area contributed by atoms with Crippen LogP contribution in [0.4, 0.5) is 0 Å². The average molecular weight is 1370 g/mol. The number of thiazole rings is 1. The van der Waals surface area contributed by atoms with Gasteiger partial charge in [0.2, 0.25) is 39.2 Å². The van der Waals surface area contributed by atoms with Crippen LogP contribution in [0.15, 0.2) is 249 Å². The third kappa shape index (κ3) is 8.35. The molecule has 0 saturated heterocycles. The van der Waals surface area contributed by atoms with Gasteiger partial charge in [0.1, 0.15) is 18.8 Å². The van der Waals surface area contributed by atoms with Crippen LogP contribution in [0.2, 0.25) is 0 Å². The molecule has 103 heavy (non-hydrogen) atoms. The van der Waals surface area contributed by atoms with Crippen molar-refractivity contribution in [2.75, 3.05) is 0 Å². The third-order valence-electron chi connectivity index (χ3n) is 20.2. The minimum Gasteiger partial charge on any atom is -0.396 e. The van der Waals surface area contributed by atoms with Crippen LogP contribution in [0, 0.1) is 0 Å². The number of oxazole rings is 1. The fourth-order valence-electron chi connectivity index (χ4n) is 15.8. The van der Waals surface area contributed by atoms with E-state index in [0.29, 0.717) is 23.7 Å². The van der Waals surface area contributed by atoms with E-state index in [2.05, 4.69) is 198 Å². The second kappa shape index (κ2) is 21.8. The smallest absolute Gasteiger partial charge is 0.390 e. The van der Waals surface area contributed by atoms with Gasteiger partial charge in [-0.2, -0.15) is 18.9 Å². The molecule has 490 valence electrons. The Morgan fingerprint density at radius 2 is 0.971 bits per heavy atom. The molecule has 15 aromatic heterocycles. The highest BCUT2D eigenvalue weighted by molar-refractivity contribution is 7.20. The van der Waals surface area contributed by atoms with Gasteiger partial charge in [-0.3, -0.25) is 28.7 Å². The molecule has 20 heterocycles. The van der Waals surface area contributed by atoms with E-state index in [1.165, 1.54) is 65.0 Å². The molecular weight excluding hydrogens is 1310 g/mol. The van der Waals surface area contributed by atoms with Crippen LogP contribution in [-0.2, 0) is 46.7 Å². The van der Waals surface area contributed by atoms with Gasteiger partial charge in [0.25, 0.3) is 45.4 Å². The molecule has 0 aliphatic carbocycles. The SMILES string of the molecule is C[n+]1c2n(c3nc4cnccn4c31)Cc1ccccc1-2.[2H]C([2H])([2H])n1c2[n+](c3c1nc1ccncn13)Cc1ccccc1-2.c1ccc(-n2c3[n+](c4nc5cnccn5c42)Cc2ccccc2-3)cc1.c1ccc2c(c1)C[n+]1c-2oc2c1nc1cnccn12.c1ccc2c(c1)C[n+]1c-2sc2c1nc1cnccn12. The summed E-state index contributed by atoms with van der Waals surface area (Å²) in [6.07, 6.45) is 25.4. The van der Waals surface area contributed by atoms with Crippen molar-refractivity contribution in [3.8, 4) is 61.9 Å². The maximum atomic E-state index is 7.97. The summed E-state index contributed by atoms with van der Waals surface area (Å²) in [5.74, 6) is 3.98. The summed E-state index contributed by atoms with van der Waals surface area (Å²) in [4.78, 5) is 45.3. The van der Waals surface area contributed by atoms with Gasteiger partial charge in [-0.1, -0.05) is 126 Å². The summed E-state index contributed by atoms with van der Waals surface area (Å²) in [5, 5.41) is 1.30. The summed E-state index contributed by atoms with van der Waals surface area (Å²) in [6.45, 7) is 1.80. The molecule has 0 saturated carbocycles. The molecule has 0 fully saturated rings. The van der Waals surface area contributed by atoms with Crippen molar-refractivity contribution in [1.29, 1.82) is 0 Å². The molecule has 26 rings (SSSR count). The Kier molecular flexibility index (Phi) is 11.5. The van der Waals surface area contributed by atoms with Gasteiger partial charge in [0.05, 0.1) is 97.2 Å². The number of imidazole rings is 8. The Morgan fingerprint density at radius 1 is 0.427 bits per heavy atom. The van der Waals surface area contributed by atoms with Crippen molar-refractivity contribution in [3.05, 3.63) is 272 Å². The largest absolute Gasteiger partial charge is 0.396 e. The van der Waals surface area contributed by atoms with Crippen molar-refractivity contribution in [2.45, 2.75) is 32.7 Å². The maximum Gasteiger partial charge on any atom is 0.390 e. The molecule has 0 spiro atoms.